The van der Waals surface area contributed by atoms with E-state index in [1.54, 1.807) is 18.5 Å². The van der Waals surface area contributed by atoms with Gasteiger partial charge in [-0.15, -0.1) is 11.6 Å². The highest BCUT2D eigenvalue weighted by Gasteiger charge is 2.18. The topological polar surface area (TPSA) is 30.7 Å². The second kappa shape index (κ2) is 5.62. The van der Waals surface area contributed by atoms with E-state index in [9.17, 15) is 4.39 Å². The van der Waals surface area contributed by atoms with Crippen LogP contribution in [-0.4, -0.2) is 14.5 Å². The Bertz CT molecular complexity index is 786. The molecule has 0 spiro atoms. The van der Waals surface area contributed by atoms with Gasteiger partial charge in [-0.3, -0.25) is 4.98 Å². The fourth-order valence-electron chi connectivity index (χ4n) is 2.46. The number of aromatic nitrogens is 3. The molecular formula is C15H12Cl2FN3. The molecule has 0 N–H and O–H groups in total. The van der Waals surface area contributed by atoms with Gasteiger partial charge in [0.05, 0.1) is 28.0 Å². The number of halogens is 3. The van der Waals surface area contributed by atoms with Crippen molar-refractivity contribution in [3.8, 4) is 0 Å². The average molecular weight is 324 g/mol. The third kappa shape index (κ3) is 2.49. The third-order valence-electron chi connectivity index (χ3n) is 3.50. The number of hydrogen-bond donors (Lipinski definition) is 0. The van der Waals surface area contributed by atoms with Crippen LogP contribution < -0.4 is 0 Å². The van der Waals surface area contributed by atoms with Crippen molar-refractivity contribution in [3.05, 3.63) is 58.9 Å². The summed E-state index contributed by atoms with van der Waals surface area (Å²) in [6, 6.07) is 6.78. The van der Waals surface area contributed by atoms with Crippen molar-refractivity contribution in [1.29, 1.82) is 0 Å². The summed E-state index contributed by atoms with van der Waals surface area (Å²) >= 11 is 11.9. The monoisotopic (exact) mass is 323 g/mol. The number of hydrogen-bond acceptors (Lipinski definition) is 2. The van der Waals surface area contributed by atoms with Gasteiger partial charge in [-0.2, -0.15) is 0 Å². The number of pyridine rings is 1. The molecule has 0 amide bonds. The lowest BCUT2D eigenvalue weighted by Gasteiger charge is -2.17. The van der Waals surface area contributed by atoms with Gasteiger partial charge >= 0.3 is 0 Å². The van der Waals surface area contributed by atoms with Crippen molar-refractivity contribution in [2.24, 2.45) is 0 Å². The molecule has 0 saturated carbocycles. The van der Waals surface area contributed by atoms with Gasteiger partial charge in [-0.25, -0.2) is 9.37 Å². The van der Waals surface area contributed by atoms with Gasteiger partial charge in [-0.05, 0) is 30.7 Å². The standard InChI is InChI=1S/C15H12Cl2FN3/c1-9(10-2-4-19-5-3-10)21-14-6-11(17)12(18)7-13(14)20-15(21)8-16/h2-7,9H,8H2,1H3. The first-order chi connectivity index (χ1) is 10.1. The highest BCUT2D eigenvalue weighted by atomic mass is 35.5. The quantitative estimate of drug-likeness (QED) is 0.661. The molecule has 1 aromatic carbocycles. The predicted molar refractivity (Wildman–Crippen MR) is 82.3 cm³/mol. The molecule has 0 aliphatic rings. The van der Waals surface area contributed by atoms with Gasteiger partial charge in [0.25, 0.3) is 0 Å². The second-order valence-electron chi connectivity index (χ2n) is 4.74. The number of nitrogens with zero attached hydrogens (tertiary/aromatic N) is 3. The van der Waals surface area contributed by atoms with Crippen molar-refractivity contribution in [1.82, 2.24) is 14.5 Å². The zero-order chi connectivity index (χ0) is 15.0. The van der Waals surface area contributed by atoms with Crippen molar-refractivity contribution in [2.45, 2.75) is 18.8 Å². The van der Waals surface area contributed by atoms with Crippen LogP contribution in [0.2, 0.25) is 5.02 Å². The minimum atomic E-state index is -0.480. The Balaban J connectivity index is 2.23. The van der Waals surface area contributed by atoms with Crippen LogP contribution in [0.1, 0.15) is 24.4 Å². The molecule has 1 unspecified atom stereocenters. The summed E-state index contributed by atoms with van der Waals surface area (Å²) < 4.78 is 15.6. The summed E-state index contributed by atoms with van der Waals surface area (Å²) in [6.45, 7) is 2.03. The molecule has 3 nitrogen and oxygen atoms in total. The van der Waals surface area contributed by atoms with Crippen molar-refractivity contribution in [3.63, 3.8) is 0 Å². The largest absolute Gasteiger partial charge is 0.320 e. The molecule has 3 aromatic rings. The first kappa shape index (κ1) is 14.3. The molecule has 2 heterocycles. The highest BCUT2D eigenvalue weighted by Crippen LogP contribution is 2.29. The van der Waals surface area contributed by atoms with Gasteiger partial charge in [0, 0.05) is 18.5 Å². The molecule has 0 aliphatic carbocycles. The van der Waals surface area contributed by atoms with Gasteiger partial charge in [-0.1, -0.05) is 11.6 Å². The lowest BCUT2D eigenvalue weighted by Crippen LogP contribution is -2.10. The Kier molecular flexibility index (Phi) is 3.83. The molecule has 0 saturated heterocycles. The summed E-state index contributed by atoms with van der Waals surface area (Å²) in [6.07, 6.45) is 3.47. The van der Waals surface area contributed by atoms with Crippen LogP contribution in [-0.2, 0) is 5.88 Å². The highest BCUT2D eigenvalue weighted by molar-refractivity contribution is 6.31. The van der Waals surface area contributed by atoms with Gasteiger partial charge in [0.2, 0.25) is 0 Å². The summed E-state index contributed by atoms with van der Waals surface area (Å²) in [7, 11) is 0. The van der Waals surface area contributed by atoms with Crippen molar-refractivity contribution < 1.29 is 4.39 Å². The Morgan fingerprint density at radius 3 is 2.67 bits per heavy atom. The lowest BCUT2D eigenvalue weighted by atomic mass is 10.1. The van der Waals surface area contributed by atoms with Crippen molar-refractivity contribution in [2.75, 3.05) is 0 Å². The van der Waals surface area contributed by atoms with Crippen molar-refractivity contribution >= 4 is 34.2 Å². The summed E-state index contributed by atoms with van der Waals surface area (Å²) in [4.78, 5) is 8.41. The average Bonchev–Trinajstić information content (AvgIpc) is 2.85. The SMILES string of the molecule is CC(c1ccncc1)n1c(CCl)nc2cc(F)c(Cl)cc21. The molecule has 3 rings (SSSR count). The van der Waals surface area contributed by atoms with E-state index in [2.05, 4.69) is 9.97 Å². The van der Waals surface area contributed by atoms with E-state index < -0.39 is 5.82 Å². The number of benzene rings is 1. The maximum absolute atomic E-state index is 13.6. The van der Waals surface area contributed by atoms with E-state index in [0.717, 1.165) is 11.1 Å². The molecule has 0 fully saturated rings. The van der Waals surface area contributed by atoms with E-state index in [1.807, 2.05) is 23.6 Å². The van der Waals surface area contributed by atoms with Crippen LogP contribution >= 0.6 is 23.2 Å². The Labute approximate surface area is 131 Å². The van der Waals surface area contributed by atoms with Crippen LogP contribution in [0, 0.1) is 5.82 Å². The summed E-state index contributed by atoms with van der Waals surface area (Å²) in [5.74, 6) is 0.438. The minimum Gasteiger partial charge on any atom is -0.320 e. The molecule has 0 aliphatic heterocycles. The smallest absolute Gasteiger partial charge is 0.144 e. The number of imidazole rings is 1. The van der Waals surface area contributed by atoms with E-state index >= 15 is 0 Å². The molecule has 0 radical (unpaired) electrons. The van der Waals surface area contributed by atoms with E-state index in [1.165, 1.54) is 6.07 Å². The molecule has 2 aromatic heterocycles. The molecule has 0 bridgehead atoms. The van der Waals surface area contributed by atoms with E-state index in [0.29, 0.717) is 11.3 Å². The van der Waals surface area contributed by atoms with E-state index in [4.69, 9.17) is 23.2 Å². The molecule has 108 valence electrons. The normalized spacial score (nSPS) is 12.8. The number of rotatable bonds is 3. The second-order valence-corrected chi connectivity index (χ2v) is 5.42. The molecule has 1 atom stereocenters. The molecular weight excluding hydrogens is 312 g/mol. The van der Waals surface area contributed by atoms with Gasteiger partial charge in [0.15, 0.2) is 0 Å². The summed E-state index contributed by atoms with van der Waals surface area (Å²) in [5.41, 5.74) is 2.38. The zero-order valence-electron chi connectivity index (χ0n) is 11.2. The van der Waals surface area contributed by atoms with Crippen LogP contribution in [0.5, 0.6) is 0 Å². The molecule has 21 heavy (non-hydrogen) atoms. The Morgan fingerprint density at radius 1 is 1.29 bits per heavy atom. The van der Waals surface area contributed by atoms with Crippen LogP contribution in [0.15, 0.2) is 36.7 Å². The minimum absolute atomic E-state index is 0.00622. The summed E-state index contributed by atoms with van der Waals surface area (Å²) in [5, 5.41) is 0.0756. The van der Waals surface area contributed by atoms with Gasteiger partial charge < -0.3 is 4.57 Å². The van der Waals surface area contributed by atoms with E-state index in [-0.39, 0.29) is 16.9 Å². The maximum Gasteiger partial charge on any atom is 0.144 e. The first-order valence-electron chi connectivity index (χ1n) is 6.43. The molecule has 6 heteroatoms. The van der Waals surface area contributed by atoms with Crippen LogP contribution in [0.25, 0.3) is 11.0 Å². The maximum atomic E-state index is 13.6. The number of alkyl halides is 1. The predicted octanol–water partition coefficient (Wildman–Crippen LogP) is 4.57. The third-order valence-corrected chi connectivity index (χ3v) is 4.03. The zero-order valence-corrected chi connectivity index (χ0v) is 12.7. The van der Waals surface area contributed by atoms with Crippen LogP contribution in [0.4, 0.5) is 4.39 Å². The fourth-order valence-corrected chi connectivity index (χ4v) is 2.80. The Morgan fingerprint density at radius 2 is 2.00 bits per heavy atom. The fraction of sp³-hybridized carbons (Fsp3) is 0.200. The van der Waals surface area contributed by atoms with Crippen LogP contribution in [0.3, 0.4) is 0 Å². The number of fused-ring (bicyclic) bond motifs is 1. The van der Waals surface area contributed by atoms with Gasteiger partial charge in [0.1, 0.15) is 11.6 Å². The lowest BCUT2D eigenvalue weighted by molar-refractivity contribution is 0.626. The first-order valence-corrected chi connectivity index (χ1v) is 7.35. The Hall–Kier alpha value is -1.65.